The van der Waals surface area contributed by atoms with Crippen LogP contribution in [0.4, 0.5) is 47.1 Å². The maximum absolute atomic E-state index is 6.72. The number of aromatic nitrogens is 15. The molecule has 0 saturated carbocycles. The number of nitrogen functional groups attached to an aromatic ring is 2. The summed E-state index contributed by atoms with van der Waals surface area (Å²) in [5.41, 5.74) is 12.6. The number of anilines is 8. The number of aryl methyl sites for hydroxylation is 2. The van der Waals surface area contributed by atoms with Gasteiger partial charge in [0.05, 0.1) is 40.0 Å². The van der Waals surface area contributed by atoms with E-state index in [1.165, 1.54) is 0 Å². The number of benzene rings is 2. The van der Waals surface area contributed by atoms with E-state index in [0.717, 1.165) is 22.9 Å². The summed E-state index contributed by atoms with van der Waals surface area (Å²) in [5, 5.41) is 36.5. The summed E-state index contributed by atoms with van der Waals surface area (Å²) in [5.74, 6) is -3.96. The predicted molar refractivity (Wildman–Crippen MR) is 483 cm³/mol. The molecule has 8 heterocycles. The fourth-order valence-corrected chi connectivity index (χ4v) is 59.3. The first-order chi connectivity index (χ1) is 49.3. The molecule has 0 radical (unpaired) electrons. The average molecular weight is 2080 g/mol. The Bertz CT molecular complexity index is 4750. The third-order valence-electron chi connectivity index (χ3n) is 10.6. The number of nitrogens with two attached hydrogens (primary N) is 2. The van der Waals surface area contributed by atoms with Gasteiger partial charge in [-0.2, -0.15) is 86.4 Å². The molecule has 6 atom stereocenters. The van der Waals surface area contributed by atoms with Gasteiger partial charge in [-0.3, -0.25) is 4.98 Å². The quantitative estimate of drug-likeness (QED) is 0.00508. The summed E-state index contributed by atoms with van der Waals surface area (Å²) >= 11 is 106. The first-order valence-corrected chi connectivity index (χ1v) is 58.5. The zero-order valence-corrected chi connectivity index (χ0v) is 81.5. The Morgan fingerprint density at radius 3 is 1.21 bits per heavy atom. The Hall–Kier alpha value is 0.420. The number of hydrogen-bond acceptors (Lipinski definition) is 40. The van der Waals surface area contributed by atoms with Crippen molar-refractivity contribution in [3.63, 3.8) is 0 Å². The normalized spacial score (nSPS) is 21.9. The fraction of sp³-hybridized carbons (Fsp3) is 0.325. The van der Waals surface area contributed by atoms with Gasteiger partial charge in [-0.1, -0.05) is 43.2 Å². The van der Waals surface area contributed by atoms with E-state index in [0.29, 0.717) is 48.8 Å². The zero-order chi connectivity index (χ0) is 78.5. The van der Waals surface area contributed by atoms with Crippen molar-refractivity contribution in [3.8, 4) is 11.5 Å². The van der Waals surface area contributed by atoms with Gasteiger partial charge in [0.15, 0.2) is 19.7 Å². The molecule has 3 aliphatic rings. The molecule has 0 fully saturated rings. The van der Waals surface area contributed by atoms with Gasteiger partial charge in [0, 0.05) is 18.0 Å². The average Bonchev–Trinajstić information content (AvgIpc) is 0.784. The number of halogens is 14. The van der Waals surface area contributed by atoms with Crippen LogP contribution in [0.15, 0.2) is 89.2 Å². The summed E-state index contributed by atoms with van der Waals surface area (Å²) in [6, 6.07) is 14.5. The molecule has 18 N–H and O–H groups in total. The molecule has 39 nitrogen and oxygen atoms in total. The third kappa shape index (κ3) is 40.4. The second-order valence-corrected chi connectivity index (χ2v) is 60.5. The van der Waals surface area contributed by atoms with Gasteiger partial charge in [0.25, 0.3) is 17.7 Å². The maximum Gasteiger partial charge on any atom is 1.00 e. The van der Waals surface area contributed by atoms with Gasteiger partial charge in [-0.25, -0.2) is 39.3 Å². The fourth-order valence-electron chi connectivity index (χ4n) is 6.95. The summed E-state index contributed by atoms with van der Waals surface area (Å²) < 4.78 is 44.5. The molecule has 0 bridgehead atoms. The number of nitrogens with one attached hydrogen (secondary N) is 14. The first-order valence-electron chi connectivity index (χ1n) is 28.0. The van der Waals surface area contributed by atoms with Gasteiger partial charge in [0.2, 0.25) is 85.1 Å². The number of rotatable bonds is 24. The molecule has 2 aromatic carbocycles. The van der Waals surface area contributed by atoms with Gasteiger partial charge in [0.1, 0.15) is 29.6 Å². The van der Waals surface area contributed by atoms with Crippen molar-refractivity contribution in [2.45, 2.75) is 21.3 Å². The summed E-state index contributed by atoms with van der Waals surface area (Å²) in [7, 11) is 3.58. The number of nitrogens with zero attached hydrogens (tertiary/aromatic N) is 22. The Morgan fingerprint density at radius 2 is 0.780 bits per heavy atom. The monoisotopic (exact) mass is 2080 g/mol. The Labute approximate surface area is 749 Å². The molecule has 7 aromatic rings. The van der Waals surface area contributed by atoms with Gasteiger partial charge >= 0.3 is 29.6 Å². The molecule has 6 unspecified atom stereocenters. The van der Waals surface area contributed by atoms with E-state index < -0.39 is 57.2 Å². The minimum Gasteiger partial charge on any atom is -0.813 e. The first kappa shape index (κ1) is 104. The molecule has 10 rings (SSSR count). The molecule has 600 valence electrons. The van der Waals surface area contributed by atoms with Crippen molar-refractivity contribution in [2.75, 3.05) is 111 Å². The van der Waals surface area contributed by atoms with Crippen LogP contribution in [-0.2, 0) is 13.5 Å². The van der Waals surface area contributed by atoms with Crippen LogP contribution in [0.5, 0.6) is 11.5 Å². The van der Waals surface area contributed by atoms with E-state index >= 15 is 0 Å². The van der Waals surface area contributed by atoms with Crippen molar-refractivity contribution < 1.29 is 34.3 Å². The van der Waals surface area contributed by atoms with Gasteiger partial charge < -0.3 is 77.2 Å². The molecule has 0 amide bonds. The van der Waals surface area contributed by atoms with Crippen LogP contribution in [-0.4, -0.2) is 142 Å². The molecule has 3 aliphatic heterocycles. The van der Waals surface area contributed by atoms with Crippen molar-refractivity contribution >= 4 is 338 Å². The van der Waals surface area contributed by atoms with E-state index in [-0.39, 0.29) is 125 Å². The van der Waals surface area contributed by atoms with Crippen LogP contribution >= 0.6 is 278 Å². The van der Waals surface area contributed by atoms with E-state index in [4.69, 9.17) is 238 Å². The molecule has 69 heteroatoms. The van der Waals surface area contributed by atoms with Gasteiger partial charge in [-0.05, 0) is 256 Å². The standard InChI is InChI=1S/C12H21Cl5N15P3.C12H26N15P3S5.C12H12N2O.C3Cl3N3.CH4.Cl6N3P3.Na.H2S/c1-7-24-8(13)26-10(25-7)20-5-22-34(16)30-33(3,15)31-35(17,32-34)23-6-21-12-28-9(14)27-11(29-12)19-4-18-2;1-7-19-8(22-11(31)20-7)15-5-17-29(34)25-28(3,33)26-30(35,27-29)18-6-16-10-21-9(14-4-13-2)23-12(32)24-10;13-9-1-5-11(6-2-9)15-12-7-3-10(14)4-8-12;4-1-7-2(5)9-3(6)8-1;;1-10(2)7-11(3,4)9-12(5,6)8-10;;/h18,22-23H,4-6H2,1-3H3,(H,20,24,25,26)(H2,19,21,27,28,29);13,17-18,33-35H,4-6H2,1-3H3,(H2,15,19,20,22,31)(H3,14,16,21,23,24,32);1-8H,13-14H2;;1H4;;;1H2/q;;;;;;+1;/p-1. The molecule has 109 heavy (non-hydrogen) atoms. The maximum atomic E-state index is 6.72. The SMILES string of the molecule is C.CNCNc1nc(=S)nc(NCNP2(S)=NP(S)(NCNc3nc(=S)nc(C)[nH]3)=NP(C)(S)=N2)[nH]1.CNCNc1nc(Cl)nc(NCNP2(Cl)=NP(Cl)(NCNc3nc(C)nc(Cl)n3)=NP(C)(Cl)=N2)n1.ClP1(Cl)=NP(Cl)(Cl)=NP(Cl)(Cl)=N1.Clc1nc(Cl)nc(Cl)n1.Nc1ccc(Oc2ccc(N)cc2)cc1.[Na+].[SH-]. The van der Waals surface area contributed by atoms with Crippen molar-refractivity contribution in [1.82, 2.24) is 106 Å². The van der Waals surface area contributed by atoms with Crippen molar-refractivity contribution in [3.05, 3.63) is 96.1 Å². The van der Waals surface area contributed by atoms with Crippen LogP contribution in [0.3, 0.4) is 0 Å². The van der Waals surface area contributed by atoms with E-state index in [9.17, 15) is 0 Å². The largest absolute Gasteiger partial charge is 1.00 e. The second-order valence-electron chi connectivity index (χ2n) is 19.5. The molecule has 0 aliphatic carbocycles. The number of H-pyrrole nitrogens is 2. The number of hydrogen-bond donors (Lipinski definition) is 19. The second kappa shape index (κ2) is 47.4. The molecular weight excluding hydrogens is 2020 g/mol. The smallest absolute Gasteiger partial charge is 0.813 e. The summed E-state index contributed by atoms with van der Waals surface area (Å²) in [4.78, 5) is 57.1. The van der Waals surface area contributed by atoms with Crippen molar-refractivity contribution in [2.24, 2.45) is 40.6 Å². The summed E-state index contributed by atoms with van der Waals surface area (Å²) in [6.07, 6.45) is -2.35. The number of thiol groups is 4. The van der Waals surface area contributed by atoms with Crippen LogP contribution in [0.25, 0.3) is 0 Å². The summed E-state index contributed by atoms with van der Waals surface area (Å²) in [6.45, 7) is -5.45. The van der Waals surface area contributed by atoms with Crippen LogP contribution in [0.2, 0.25) is 26.4 Å². The Morgan fingerprint density at radius 1 is 0.422 bits per heavy atom. The van der Waals surface area contributed by atoms with E-state index in [1.807, 2.05) is 38.0 Å². The minimum absolute atomic E-state index is 0. The van der Waals surface area contributed by atoms with Crippen LogP contribution in [0.1, 0.15) is 19.1 Å². The molecular formula is C40H64Cl14N38NaOP9S6. The molecule has 5 aromatic heterocycles. The third-order valence-corrected chi connectivity index (χ3v) is 49.2. The predicted octanol–water partition coefficient (Wildman–Crippen LogP) is 18.5. The topological polar surface area (TPSA) is 516 Å². The molecule has 0 saturated heterocycles. The zero-order valence-electron chi connectivity index (χ0n) is 55.7. The number of ether oxygens (including phenoxy) is 1. The van der Waals surface area contributed by atoms with E-state index in [2.05, 4.69) is 177 Å². The van der Waals surface area contributed by atoms with E-state index in [1.54, 1.807) is 51.8 Å². The Balaban J connectivity index is 0.000000384. The molecule has 0 spiro atoms. The minimum atomic E-state index is -3.04. The van der Waals surface area contributed by atoms with Crippen LogP contribution < -0.4 is 109 Å². The Kier molecular flexibility index (Phi) is 45.1. The van der Waals surface area contributed by atoms with Crippen molar-refractivity contribution in [1.29, 1.82) is 0 Å². The van der Waals surface area contributed by atoms with Gasteiger partial charge in [-0.15, -0.1) is 12.2 Å². The van der Waals surface area contributed by atoms with Crippen LogP contribution in [0, 0.1) is 23.4 Å². The number of aromatic amines is 2.